The second-order valence-corrected chi connectivity index (χ2v) is 7.24. The van der Waals surface area contributed by atoms with Gasteiger partial charge in [-0.1, -0.05) is 18.3 Å². The van der Waals surface area contributed by atoms with Crippen LogP contribution in [-0.2, 0) is 0 Å². The van der Waals surface area contributed by atoms with Gasteiger partial charge in [-0.15, -0.1) is 0 Å². The molecule has 116 valence electrons. The first-order chi connectivity index (χ1) is 10.1. The van der Waals surface area contributed by atoms with Crippen LogP contribution in [-0.4, -0.2) is 41.5 Å². The predicted molar refractivity (Wildman–Crippen MR) is 86.9 cm³/mol. The number of carbonyl (C=O) groups excluding carboxylic acids is 1. The molecule has 0 aliphatic carbocycles. The van der Waals surface area contributed by atoms with E-state index in [0.717, 1.165) is 31.2 Å². The number of likely N-dealkylation sites (tertiary alicyclic amines) is 1. The number of nitrogen functional groups attached to an aromatic ring is 1. The Kier molecular flexibility index (Phi) is 4.06. The minimum absolute atomic E-state index is 0.0643. The van der Waals surface area contributed by atoms with Crippen LogP contribution in [0.25, 0.3) is 0 Å². The van der Waals surface area contributed by atoms with E-state index in [1.54, 1.807) is 0 Å². The molecule has 2 aliphatic rings. The van der Waals surface area contributed by atoms with Crippen molar-refractivity contribution in [3.8, 4) is 0 Å². The van der Waals surface area contributed by atoms with Crippen molar-refractivity contribution in [2.75, 3.05) is 30.3 Å². The van der Waals surface area contributed by atoms with Crippen LogP contribution in [0.5, 0.6) is 0 Å². The second kappa shape index (κ2) is 5.83. The van der Waals surface area contributed by atoms with Crippen molar-refractivity contribution < 1.29 is 4.79 Å². The Morgan fingerprint density at radius 2 is 1.95 bits per heavy atom. The summed E-state index contributed by atoms with van der Waals surface area (Å²) in [5, 5.41) is 0.908. The van der Waals surface area contributed by atoms with Crippen LogP contribution < -0.4 is 10.6 Å². The molecular weight excluding hydrogens is 284 g/mol. The lowest BCUT2D eigenvalue weighted by Gasteiger charge is -2.37. The molecule has 2 aliphatic heterocycles. The van der Waals surface area contributed by atoms with Crippen LogP contribution in [0.4, 0.5) is 10.9 Å². The van der Waals surface area contributed by atoms with Crippen LogP contribution in [0.3, 0.4) is 0 Å². The van der Waals surface area contributed by atoms with Crippen molar-refractivity contribution in [1.29, 1.82) is 0 Å². The number of anilines is 2. The van der Waals surface area contributed by atoms with E-state index in [4.69, 9.17) is 5.73 Å². The molecule has 3 rings (SSSR count). The molecule has 2 unspecified atom stereocenters. The third kappa shape index (κ3) is 2.73. The van der Waals surface area contributed by atoms with Crippen LogP contribution in [0.1, 0.15) is 49.2 Å². The van der Waals surface area contributed by atoms with Gasteiger partial charge in [-0.05, 0) is 38.5 Å². The molecular formula is C15H24N4OS. The van der Waals surface area contributed by atoms with Gasteiger partial charge in [0.15, 0.2) is 5.13 Å². The number of hydrogen-bond donors (Lipinski definition) is 1. The van der Waals surface area contributed by atoms with E-state index in [1.807, 2.05) is 4.90 Å². The number of nitrogens with zero attached hydrogens (tertiary/aromatic N) is 3. The zero-order valence-electron chi connectivity index (χ0n) is 12.8. The summed E-state index contributed by atoms with van der Waals surface area (Å²) in [6.45, 7) is 7.24. The Morgan fingerprint density at radius 1 is 1.24 bits per heavy atom. The predicted octanol–water partition coefficient (Wildman–Crippen LogP) is 2.59. The molecule has 0 radical (unpaired) electrons. The Balaban J connectivity index is 1.80. The minimum Gasteiger partial charge on any atom is -0.382 e. The van der Waals surface area contributed by atoms with E-state index in [-0.39, 0.29) is 11.9 Å². The number of carbonyl (C=O) groups is 1. The molecule has 2 atom stereocenters. The van der Waals surface area contributed by atoms with Crippen LogP contribution in [0.15, 0.2) is 0 Å². The lowest BCUT2D eigenvalue weighted by Crippen LogP contribution is -2.45. The summed E-state index contributed by atoms with van der Waals surface area (Å²) in [4.78, 5) is 22.1. The Hall–Kier alpha value is -1.30. The highest BCUT2D eigenvalue weighted by atomic mass is 32.1. The Labute approximate surface area is 130 Å². The number of piperidine rings is 1. The number of amides is 1. The van der Waals surface area contributed by atoms with E-state index in [0.29, 0.717) is 16.6 Å². The molecule has 0 spiro atoms. The fraction of sp³-hybridized carbons (Fsp3) is 0.733. The summed E-state index contributed by atoms with van der Waals surface area (Å²) in [5.74, 6) is 1.02. The highest BCUT2D eigenvalue weighted by Crippen LogP contribution is 2.33. The fourth-order valence-electron chi connectivity index (χ4n) is 3.27. The van der Waals surface area contributed by atoms with Gasteiger partial charge < -0.3 is 15.5 Å². The molecule has 1 aromatic rings. The van der Waals surface area contributed by atoms with Gasteiger partial charge in [-0.25, -0.2) is 4.98 Å². The first-order valence-electron chi connectivity index (χ1n) is 7.90. The number of thiazole rings is 1. The van der Waals surface area contributed by atoms with Gasteiger partial charge in [0, 0.05) is 25.7 Å². The lowest BCUT2D eigenvalue weighted by atomic mass is 9.92. The molecule has 0 bridgehead atoms. The molecule has 1 amide bonds. The third-order valence-electron chi connectivity index (χ3n) is 4.85. The zero-order chi connectivity index (χ0) is 15.0. The fourth-order valence-corrected chi connectivity index (χ4v) is 4.26. The average Bonchev–Trinajstić information content (AvgIpc) is 3.10. The highest BCUT2D eigenvalue weighted by Gasteiger charge is 2.32. The van der Waals surface area contributed by atoms with Crippen LogP contribution in [0, 0.1) is 5.92 Å². The largest absolute Gasteiger partial charge is 0.382 e. The number of nitrogens with two attached hydrogens (primary N) is 1. The van der Waals surface area contributed by atoms with Gasteiger partial charge in [0.25, 0.3) is 5.91 Å². The smallest absolute Gasteiger partial charge is 0.268 e. The molecule has 0 aromatic carbocycles. The van der Waals surface area contributed by atoms with Gasteiger partial charge in [0.05, 0.1) is 0 Å². The van der Waals surface area contributed by atoms with Crippen molar-refractivity contribution in [2.45, 2.75) is 45.6 Å². The van der Waals surface area contributed by atoms with Crippen molar-refractivity contribution in [3.05, 3.63) is 4.88 Å². The SMILES string of the molecule is CC1CCCN(C(=O)c2sc(N3CCCC3)nc2N)C1C. The molecule has 1 aromatic heterocycles. The maximum Gasteiger partial charge on any atom is 0.268 e. The quantitative estimate of drug-likeness (QED) is 0.912. The zero-order valence-corrected chi connectivity index (χ0v) is 13.7. The lowest BCUT2D eigenvalue weighted by molar-refractivity contribution is 0.0557. The third-order valence-corrected chi connectivity index (χ3v) is 5.97. The first kappa shape index (κ1) is 14.6. The van der Waals surface area contributed by atoms with Crippen LogP contribution in [0.2, 0.25) is 0 Å². The van der Waals surface area contributed by atoms with Crippen molar-refractivity contribution in [2.24, 2.45) is 5.92 Å². The van der Waals surface area contributed by atoms with Gasteiger partial charge in [-0.3, -0.25) is 4.79 Å². The monoisotopic (exact) mass is 308 g/mol. The molecule has 2 N–H and O–H groups in total. The topological polar surface area (TPSA) is 62.5 Å². The maximum atomic E-state index is 12.8. The summed E-state index contributed by atoms with van der Waals surface area (Å²) in [6.07, 6.45) is 4.67. The van der Waals surface area contributed by atoms with Crippen molar-refractivity contribution in [3.63, 3.8) is 0 Å². The molecule has 2 fully saturated rings. The van der Waals surface area contributed by atoms with E-state index in [1.165, 1.54) is 30.6 Å². The summed E-state index contributed by atoms with van der Waals surface area (Å²) in [6, 6.07) is 0.281. The van der Waals surface area contributed by atoms with Gasteiger partial charge in [0.2, 0.25) is 0 Å². The Morgan fingerprint density at radius 3 is 2.67 bits per heavy atom. The van der Waals surface area contributed by atoms with Crippen molar-refractivity contribution in [1.82, 2.24) is 9.88 Å². The minimum atomic E-state index is 0.0643. The average molecular weight is 308 g/mol. The highest BCUT2D eigenvalue weighted by molar-refractivity contribution is 7.18. The molecule has 21 heavy (non-hydrogen) atoms. The normalized spacial score (nSPS) is 26.4. The van der Waals surface area contributed by atoms with E-state index in [2.05, 4.69) is 23.7 Å². The number of rotatable bonds is 2. The van der Waals surface area contributed by atoms with Gasteiger partial charge >= 0.3 is 0 Å². The summed E-state index contributed by atoms with van der Waals surface area (Å²) in [7, 11) is 0. The molecule has 6 heteroatoms. The maximum absolute atomic E-state index is 12.8. The first-order valence-corrected chi connectivity index (χ1v) is 8.72. The van der Waals surface area contributed by atoms with E-state index < -0.39 is 0 Å². The van der Waals surface area contributed by atoms with Gasteiger partial charge in [-0.2, -0.15) is 0 Å². The molecule has 3 heterocycles. The molecule has 5 nitrogen and oxygen atoms in total. The second-order valence-electron chi connectivity index (χ2n) is 6.26. The van der Waals surface area contributed by atoms with Gasteiger partial charge in [0.1, 0.15) is 10.7 Å². The number of aromatic nitrogens is 1. The molecule has 2 saturated heterocycles. The summed E-state index contributed by atoms with van der Waals surface area (Å²) in [5.41, 5.74) is 6.02. The Bertz CT molecular complexity index is 524. The molecule has 0 saturated carbocycles. The standard InChI is InChI=1S/C15H24N4OS/c1-10-6-5-9-19(11(10)2)14(20)12-13(16)17-15(21-12)18-7-3-4-8-18/h10-11H,3-9,16H2,1-2H3. The summed E-state index contributed by atoms with van der Waals surface area (Å²) >= 11 is 1.46. The van der Waals surface area contributed by atoms with Crippen LogP contribution >= 0.6 is 11.3 Å². The van der Waals surface area contributed by atoms with E-state index in [9.17, 15) is 4.79 Å². The summed E-state index contributed by atoms with van der Waals surface area (Å²) < 4.78 is 0. The van der Waals surface area contributed by atoms with Crippen molar-refractivity contribution >= 4 is 28.2 Å². The number of hydrogen-bond acceptors (Lipinski definition) is 5. The van der Waals surface area contributed by atoms with E-state index >= 15 is 0 Å².